The van der Waals surface area contributed by atoms with Crippen LogP contribution in [0.2, 0.25) is 0 Å². The molecule has 0 spiro atoms. The van der Waals surface area contributed by atoms with E-state index in [1.807, 2.05) is 0 Å². The summed E-state index contributed by atoms with van der Waals surface area (Å²) in [5.74, 6) is 0.893. The normalized spacial score (nSPS) is 20.9. The summed E-state index contributed by atoms with van der Waals surface area (Å²) in [5.41, 5.74) is 0.206. The van der Waals surface area contributed by atoms with E-state index in [1.54, 1.807) is 0 Å². The van der Waals surface area contributed by atoms with Gasteiger partial charge >= 0.3 is 0 Å². The van der Waals surface area contributed by atoms with Gasteiger partial charge in [-0.05, 0) is 18.3 Å². The molecule has 5 heteroatoms. The van der Waals surface area contributed by atoms with Crippen LogP contribution in [-0.4, -0.2) is 39.4 Å². The van der Waals surface area contributed by atoms with Gasteiger partial charge in [0.1, 0.15) is 9.84 Å². The van der Waals surface area contributed by atoms with E-state index in [2.05, 4.69) is 5.32 Å². The molecule has 0 unspecified atom stereocenters. The fourth-order valence-corrected chi connectivity index (χ4v) is 3.15. The second kappa shape index (κ2) is 6.22. The molecule has 1 N–H and O–H groups in total. The van der Waals surface area contributed by atoms with Crippen LogP contribution in [0.15, 0.2) is 0 Å². The lowest BCUT2D eigenvalue weighted by Gasteiger charge is -2.35. The summed E-state index contributed by atoms with van der Waals surface area (Å²) < 4.78 is 21.9. The van der Waals surface area contributed by atoms with Crippen LogP contribution in [0.1, 0.15) is 32.1 Å². The third kappa shape index (κ3) is 5.02. The van der Waals surface area contributed by atoms with Gasteiger partial charge in [0.15, 0.2) is 0 Å². The number of rotatable bonds is 6. The molecular formula is C11H22ClNO2S. The first kappa shape index (κ1) is 14.3. The van der Waals surface area contributed by atoms with Crippen molar-refractivity contribution in [3.63, 3.8) is 0 Å². The summed E-state index contributed by atoms with van der Waals surface area (Å²) in [6.07, 6.45) is 7.42. The summed E-state index contributed by atoms with van der Waals surface area (Å²) in [4.78, 5) is 0. The molecule has 3 nitrogen and oxygen atoms in total. The van der Waals surface area contributed by atoms with Crippen LogP contribution < -0.4 is 5.32 Å². The standard InChI is InChI=1S/C11H22ClNO2S/c1-16(14,15)8-7-13-10-11(9-12)5-3-2-4-6-11/h13H,2-10H2,1H3. The Morgan fingerprint density at radius 1 is 1.25 bits per heavy atom. The number of nitrogens with one attached hydrogen (secondary N) is 1. The van der Waals surface area contributed by atoms with Crippen LogP contribution in [-0.2, 0) is 9.84 Å². The van der Waals surface area contributed by atoms with Crippen molar-refractivity contribution >= 4 is 21.4 Å². The molecule has 1 fully saturated rings. The molecule has 0 atom stereocenters. The zero-order valence-corrected chi connectivity index (χ0v) is 11.5. The van der Waals surface area contributed by atoms with Gasteiger partial charge in [-0.3, -0.25) is 0 Å². The van der Waals surface area contributed by atoms with Crippen LogP contribution in [0.5, 0.6) is 0 Å². The molecule has 1 aliphatic carbocycles. The van der Waals surface area contributed by atoms with E-state index >= 15 is 0 Å². The van der Waals surface area contributed by atoms with E-state index in [4.69, 9.17) is 11.6 Å². The van der Waals surface area contributed by atoms with Crippen LogP contribution in [0.4, 0.5) is 0 Å². The minimum atomic E-state index is -2.85. The summed E-state index contributed by atoms with van der Waals surface area (Å²) in [6, 6.07) is 0. The first-order chi connectivity index (χ1) is 7.47. The second-order valence-corrected chi connectivity index (χ2v) is 7.53. The minimum absolute atomic E-state index is 0.206. The van der Waals surface area contributed by atoms with Crippen molar-refractivity contribution in [2.75, 3.05) is 31.0 Å². The highest BCUT2D eigenvalue weighted by Gasteiger charge is 2.30. The van der Waals surface area contributed by atoms with Crippen molar-refractivity contribution in [1.82, 2.24) is 5.32 Å². The Morgan fingerprint density at radius 3 is 2.38 bits per heavy atom. The van der Waals surface area contributed by atoms with E-state index in [0.29, 0.717) is 12.4 Å². The highest BCUT2D eigenvalue weighted by molar-refractivity contribution is 7.90. The van der Waals surface area contributed by atoms with Crippen LogP contribution in [0.3, 0.4) is 0 Å². The molecule has 1 saturated carbocycles. The molecule has 0 radical (unpaired) electrons. The van der Waals surface area contributed by atoms with Gasteiger partial charge in [-0.2, -0.15) is 0 Å². The van der Waals surface area contributed by atoms with E-state index in [-0.39, 0.29) is 11.2 Å². The van der Waals surface area contributed by atoms with E-state index in [0.717, 1.165) is 6.54 Å². The third-order valence-corrected chi connectivity index (χ3v) is 4.86. The Balaban J connectivity index is 2.28. The zero-order chi connectivity index (χ0) is 12.1. The maximum absolute atomic E-state index is 11.0. The van der Waals surface area contributed by atoms with Crippen molar-refractivity contribution in [2.45, 2.75) is 32.1 Å². The third-order valence-electron chi connectivity index (χ3n) is 3.35. The Bertz CT molecular complexity index is 297. The number of alkyl halides is 1. The van der Waals surface area contributed by atoms with Gasteiger partial charge in [-0.15, -0.1) is 11.6 Å². The maximum atomic E-state index is 11.0. The van der Waals surface area contributed by atoms with Gasteiger partial charge in [0.05, 0.1) is 5.75 Å². The van der Waals surface area contributed by atoms with Gasteiger partial charge in [0, 0.05) is 25.2 Å². The lowest BCUT2D eigenvalue weighted by atomic mass is 9.75. The highest BCUT2D eigenvalue weighted by atomic mass is 35.5. The predicted octanol–water partition coefficient (Wildman–Crippen LogP) is 1.81. The second-order valence-electron chi connectivity index (χ2n) is 5.00. The minimum Gasteiger partial charge on any atom is -0.315 e. The lowest BCUT2D eigenvalue weighted by molar-refractivity contribution is 0.214. The fraction of sp³-hybridized carbons (Fsp3) is 1.00. The summed E-state index contributed by atoms with van der Waals surface area (Å²) in [7, 11) is -2.85. The molecule has 1 rings (SSSR count). The van der Waals surface area contributed by atoms with Crippen molar-refractivity contribution < 1.29 is 8.42 Å². The highest BCUT2D eigenvalue weighted by Crippen LogP contribution is 2.36. The Labute approximate surface area is 104 Å². The molecular weight excluding hydrogens is 246 g/mol. The smallest absolute Gasteiger partial charge is 0.148 e. The van der Waals surface area contributed by atoms with Crippen LogP contribution in [0, 0.1) is 5.41 Å². The monoisotopic (exact) mass is 267 g/mol. The molecule has 96 valence electrons. The SMILES string of the molecule is CS(=O)(=O)CCNCC1(CCl)CCCCC1. The van der Waals surface area contributed by atoms with Crippen molar-refractivity contribution in [3.05, 3.63) is 0 Å². The molecule has 0 saturated heterocycles. The molecule has 16 heavy (non-hydrogen) atoms. The molecule has 0 aromatic carbocycles. The van der Waals surface area contributed by atoms with E-state index < -0.39 is 9.84 Å². The molecule has 0 aliphatic heterocycles. The summed E-state index contributed by atoms with van der Waals surface area (Å²) in [5, 5.41) is 3.24. The lowest BCUT2D eigenvalue weighted by Crippen LogP contribution is -2.39. The average Bonchev–Trinajstić information content (AvgIpc) is 2.25. The molecule has 0 aromatic rings. The molecule has 0 bridgehead atoms. The maximum Gasteiger partial charge on any atom is 0.148 e. The zero-order valence-electron chi connectivity index (χ0n) is 9.97. The Kier molecular flexibility index (Phi) is 5.54. The van der Waals surface area contributed by atoms with Crippen molar-refractivity contribution in [1.29, 1.82) is 0 Å². The predicted molar refractivity (Wildman–Crippen MR) is 68.8 cm³/mol. The quantitative estimate of drug-likeness (QED) is 0.590. The van der Waals surface area contributed by atoms with Gasteiger partial charge < -0.3 is 5.32 Å². The summed E-state index contributed by atoms with van der Waals surface area (Å²) in [6.45, 7) is 1.39. The van der Waals surface area contributed by atoms with Crippen molar-refractivity contribution in [2.24, 2.45) is 5.41 Å². The molecule has 0 amide bonds. The largest absolute Gasteiger partial charge is 0.315 e. The number of sulfone groups is 1. The van der Waals surface area contributed by atoms with Crippen LogP contribution in [0.25, 0.3) is 0 Å². The molecule has 0 heterocycles. The van der Waals surface area contributed by atoms with E-state index in [9.17, 15) is 8.42 Å². The Morgan fingerprint density at radius 2 is 1.88 bits per heavy atom. The topological polar surface area (TPSA) is 46.2 Å². The fourth-order valence-electron chi connectivity index (χ4n) is 2.27. The van der Waals surface area contributed by atoms with Gasteiger partial charge in [-0.1, -0.05) is 19.3 Å². The Hall–Kier alpha value is 0.200. The van der Waals surface area contributed by atoms with Gasteiger partial charge in [0.25, 0.3) is 0 Å². The number of halogens is 1. The first-order valence-corrected chi connectivity index (χ1v) is 8.51. The first-order valence-electron chi connectivity index (χ1n) is 5.92. The average molecular weight is 268 g/mol. The van der Waals surface area contributed by atoms with Crippen molar-refractivity contribution in [3.8, 4) is 0 Å². The molecule has 0 aromatic heterocycles. The van der Waals surface area contributed by atoms with Crippen LogP contribution >= 0.6 is 11.6 Å². The number of hydrogen-bond acceptors (Lipinski definition) is 3. The van der Waals surface area contributed by atoms with Gasteiger partial charge in [0.2, 0.25) is 0 Å². The number of hydrogen-bond donors (Lipinski definition) is 1. The van der Waals surface area contributed by atoms with E-state index in [1.165, 1.54) is 38.4 Å². The molecule has 1 aliphatic rings. The summed E-state index contributed by atoms with van der Waals surface area (Å²) >= 11 is 6.05. The van der Waals surface area contributed by atoms with Gasteiger partial charge in [-0.25, -0.2) is 8.42 Å².